The zero-order valence-electron chi connectivity index (χ0n) is 1.05. The Kier molecular flexibility index (Phi) is 154. The summed E-state index contributed by atoms with van der Waals surface area (Å²) in [6.07, 6.45) is 0. The van der Waals surface area contributed by atoms with E-state index in [0.29, 0.717) is 0 Å². The molecule has 0 spiro atoms. The van der Waals surface area contributed by atoms with Crippen molar-refractivity contribution in [2.45, 2.75) is 0 Å². The van der Waals surface area contributed by atoms with Crippen LogP contribution in [0.5, 0.6) is 0 Å². The van der Waals surface area contributed by atoms with Crippen LogP contribution in [0, 0.1) is 0 Å². The summed E-state index contributed by atoms with van der Waals surface area (Å²) in [7, 11) is 0. The Bertz CT molecular complexity index is 8.00. The Morgan fingerprint density at radius 2 is 1.00 bits per heavy atom. The van der Waals surface area contributed by atoms with Gasteiger partial charge in [-0.25, -0.2) is 0 Å². The maximum atomic E-state index is 0. The van der Waals surface area contributed by atoms with E-state index in [2.05, 4.69) is 0 Å². The Balaban J connectivity index is 0. The molecule has 0 saturated carbocycles. The van der Waals surface area contributed by atoms with E-state index in [0.717, 1.165) is 0 Å². The van der Waals surface area contributed by atoms with Crippen molar-refractivity contribution in [3.63, 3.8) is 0 Å². The molecule has 0 saturated heterocycles. The van der Waals surface area contributed by atoms with Gasteiger partial charge >= 0.3 is 17.1 Å². The van der Waals surface area contributed by atoms with Gasteiger partial charge in [0.1, 0.15) is 0 Å². The SMILES string of the molecule is [AlH3].[Au].[Cu].[SeH]. The molecule has 0 rings (SSSR count). The summed E-state index contributed by atoms with van der Waals surface area (Å²) >= 11 is 0. The van der Waals surface area contributed by atoms with Crippen molar-refractivity contribution in [2.75, 3.05) is 0 Å². The molecule has 0 N–H and O–H groups in total. The maximum absolute atomic E-state index is 0. The molecule has 0 heterocycles. The molecule has 0 unspecified atom stereocenters. The molecule has 0 aromatic rings. The molecule has 0 aliphatic heterocycles. The fraction of sp³-hybridized carbons (Fsp3) is 0. The average Bonchev–Trinajstić information content (AvgIpc) is 0. The molecule has 0 aliphatic rings. The second kappa shape index (κ2) is 18.5. The molecular formula is H4AlAuCuSe. The van der Waals surface area contributed by atoms with Crippen molar-refractivity contribution in [3.8, 4) is 0 Å². The third-order valence-corrected chi connectivity index (χ3v) is 0. The molecule has 0 nitrogen and oxygen atoms in total. The second-order valence-electron chi connectivity index (χ2n) is 0. The summed E-state index contributed by atoms with van der Waals surface area (Å²) in [6, 6.07) is 0. The van der Waals surface area contributed by atoms with E-state index in [4.69, 9.17) is 0 Å². The minimum absolute atomic E-state index is 0. The third-order valence-electron chi connectivity index (χ3n) is 0. The van der Waals surface area contributed by atoms with Gasteiger partial charge in [-0.05, 0) is 0 Å². The van der Waals surface area contributed by atoms with Gasteiger partial charge in [0, 0.05) is 39.4 Å². The summed E-state index contributed by atoms with van der Waals surface area (Å²) in [4.78, 5) is 0. The molecule has 0 aromatic carbocycles. The van der Waals surface area contributed by atoms with E-state index in [-0.39, 0.29) is 73.9 Å². The van der Waals surface area contributed by atoms with E-state index in [1.54, 1.807) is 0 Å². The van der Waals surface area contributed by atoms with E-state index < -0.39 is 0 Å². The first-order chi connectivity index (χ1) is 0. The van der Waals surface area contributed by atoms with Crippen molar-refractivity contribution in [1.29, 1.82) is 0 Å². The Morgan fingerprint density at radius 1 is 1.00 bits per heavy atom. The van der Waals surface area contributed by atoms with Crippen molar-refractivity contribution in [2.24, 2.45) is 0 Å². The molecule has 4 heavy (non-hydrogen) atoms. The van der Waals surface area contributed by atoms with Gasteiger partial charge in [-0.15, -0.1) is 0 Å². The van der Waals surface area contributed by atoms with Crippen LogP contribution in [0.3, 0.4) is 0 Å². The van der Waals surface area contributed by atoms with Gasteiger partial charge in [-0.2, -0.15) is 0 Å². The molecule has 0 aliphatic carbocycles. The van der Waals surface area contributed by atoms with Crippen molar-refractivity contribution < 1.29 is 39.4 Å². The molecule has 0 fully saturated rings. The first kappa shape index (κ1) is 33.3. The van der Waals surface area contributed by atoms with Crippen LogP contribution in [0.1, 0.15) is 0 Å². The summed E-state index contributed by atoms with van der Waals surface area (Å²) in [5.74, 6) is 0. The van der Waals surface area contributed by atoms with Gasteiger partial charge in [0.25, 0.3) is 0 Å². The van der Waals surface area contributed by atoms with Crippen molar-refractivity contribution in [3.05, 3.63) is 0 Å². The van der Waals surface area contributed by atoms with Gasteiger partial charge in [0.2, 0.25) is 0 Å². The molecule has 0 amide bonds. The standard InChI is InChI=1S/Al.Au.Cu.HSe.3H/h;;;1H;;;. The van der Waals surface area contributed by atoms with Gasteiger partial charge in [-0.3, -0.25) is 0 Å². The Morgan fingerprint density at radius 3 is 1.00 bits per heavy atom. The summed E-state index contributed by atoms with van der Waals surface area (Å²) < 4.78 is 0. The molecule has 0 atom stereocenters. The number of rotatable bonds is 0. The molecule has 4 heteroatoms. The summed E-state index contributed by atoms with van der Waals surface area (Å²) in [5, 5.41) is 0. The topological polar surface area (TPSA) is 0 Å². The zero-order chi connectivity index (χ0) is 0. The number of hydrogen-bond donors (Lipinski definition) is 0. The normalized spacial score (nSPS) is 0. The number of hydrogen-bond acceptors (Lipinski definition) is 0. The summed E-state index contributed by atoms with van der Waals surface area (Å²) in [5.41, 5.74) is 0. The summed E-state index contributed by atoms with van der Waals surface area (Å²) in [6.45, 7) is 0. The zero-order valence-corrected chi connectivity index (χ0v) is 6.03. The minimum atomic E-state index is 0. The van der Waals surface area contributed by atoms with Gasteiger partial charge < -0.3 is 0 Å². The third kappa shape index (κ3) is 8.85. The van der Waals surface area contributed by atoms with Crippen LogP contribution in [0.15, 0.2) is 0 Å². The van der Waals surface area contributed by atoms with Gasteiger partial charge in [0.15, 0.2) is 17.4 Å². The van der Waals surface area contributed by atoms with E-state index in [9.17, 15) is 0 Å². The van der Waals surface area contributed by atoms with Crippen molar-refractivity contribution >= 4 is 34.4 Å². The molecule has 0 aromatic heterocycles. The molecule has 35 valence electrons. The monoisotopic (exact) mass is 371 g/mol. The molecule has 0 bridgehead atoms. The van der Waals surface area contributed by atoms with Gasteiger partial charge in [0.05, 0.1) is 0 Å². The average molecular weight is 370 g/mol. The van der Waals surface area contributed by atoms with Crippen LogP contribution in [-0.4, -0.2) is 34.4 Å². The Hall–Kier alpha value is 2.31. The van der Waals surface area contributed by atoms with Crippen LogP contribution >= 0.6 is 0 Å². The second-order valence-corrected chi connectivity index (χ2v) is 0. The van der Waals surface area contributed by atoms with Gasteiger partial charge in [-0.1, -0.05) is 0 Å². The van der Waals surface area contributed by atoms with Crippen LogP contribution < -0.4 is 0 Å². The van der Waals surface area contributed by atoms with Crippen LogP contribution in [0.25, 0.3) is 0 Å². The predicted octanol–water partition coefficient (Wildman–Crippen LogP) is -1.84. The fourth-order valence-electron chi connectivity index (χ4n) is 0. The van der Waals surface area contributed by atoms with Crippen LogP contribution in [0.4, 0.5) is 0 Å². The van der Waals surface area contributed by atoms with E-state index >= 15 is 0 Å². The first-order valence-corrected chi connectivity index (χ1v) is 0. The Labute approximate surface area is 73.1 Å². The van der Waals surface area contributed by atoms with E-state index in [1.807, 2.05) is 0 Å². The first-order valence-electron chi connectivity index (χ1n) is 0. The molecule has 3 radical (unpaired) electrons. The predicted molar refractivity (Wildman–Crippen MR) is 17.1 cm³/mol. The quantitative estimate of drug-likeness (QED) is 0.440. The molecular weight excluding hydrogens is 366 g/mol. The van der Waals surface area contributed by atoms with Crippen molar-refractivity contribution in [1.82, 2.24) is 0 Å². The van der Waals surface area contributed by atoms with E-state index in [1.165, 1.54) is 0 Å². The van der Waals surface area contributed by atoms with Crippen LogP contribution in [-0.2, 0) is 39.4 Å². The fourth-order valence-corrected chi connectivity index (χ4v) is 0. The van der Waals surface area contributed by atoms with Crippen LogP contribution in [0.2, 0.25) is 0 Å².